The highest BCUT2D eigenvalue weighted by atomic mass is 79.9. The lowest BCUT2D eigenvalue weighted by molar-refractivity contribution is -0.138. The third-order valence-corrected chi connectivity index (χ3v) is 3.53. The molecule has 0 saturated carbocycles. The Labute approximate surface area is 128 Å². The van der Waals surface area contributed by atoms with Gasteiger partial charge in [-0.3, -0.25) is 4.79 Å². The minimum atomic E-state index is -4.55. The van der Waals surface area contributed by atoms with Gasteiger partial charge in [0.05, 0.1) is 5.56 Å². The number of carbonyl (C=O) groups is 1. The summed E-state index contributed by atoms with van der Waals surface area (Å²) in [5, 5.41) is 0. The lowest BCUT2D eigenvalue weighted by Gasteiger charge is -2.12. The number of carbonyl (C=O) groups excluding carboxylic acids is 1. The monoisotopic (exact) mass is 356 g/mol. The van der Waals surface area contributed by atoms with Gasteiger partial charge in [0, 0.05) is 16.5 Å². The summed E-state index contributed by atoms with van der Waals surface area (Å²) in [6.07, 6.45) is -4.60. The van der Waals surface area contributed by atoms with Crippen LogP contribution in [0, 0.1) is 6.92 Å². The number of rotatable bonds is 3. The fraction of sp³-hybridized carbons (Fsp3) is 0.188. The van der Waals surface area contributed by atoms with E-state index in [2.05, 4.69) is 15.9 Å². The quantitative estimate of drug-likeness (QED) is 0.690. The first kappa shape index (κ1) is 15.8. The number of hydrogen-bond acceptors (Lipinski definition) is 1. The van der Waals surface area contributed by atoms with Crippen LogP contribution in [0.5, 0.6) is 0 Å². The van der Waals surface area contributed by atoms with Crippen molar-refractivity contribution < 1.29 is 18.0 Å². The van der Waals surface area contributed by atoms with E-state index in [1.165, 1.54) is 12.1 Å². The molecule has 0 fully saturated rings. The smallest absolute Gasteiger partial charge is 0.294 e. The summed E-state index contributed by atoms with van der Waals surface area (Å²) in [5.74, 6) is -0.541. The third-order valence-electron chi connectivity index (χ3n) is 3.03. The lowest BCUT2D eigenvalue weighted by atomic mass is 9.97. The van der Waals surface area contributed by atoms with Crippen LogP contribution < -0.4 is 0 Å². The van der Waals surface area contributed by atoms with Crippen LogP contribution in [0.25, 0.3) is 0 Å². The van der Waals surface area contributed by atoms with E-state index >= 15 is 0 Å². The average molecular weight is 357 g/mol. The average Bonchev–Trinajstić information content (AvgIpc) is 2.37. The van der Waals surface area contributed by atoms with Crippen molar-refractivity contribution in [1.29, 1.82) is 0 Å². The van der Waals surface area contributed by atoms with E-state index in [1.54, 1.807) is 18.2 Å². The second-order valence-electron chi connectivity index (χ2n) is 4.78. The van der Waals surface area contributed by atoms with E-state index in [4.69, 9.17) is 0 Å². The van der Waals surface area contributed by atoms with E-state index in [1.807, 2.05) is 13.0 Å². The standard InChI is InChI=1S/C16H12BrF3O/c1-10-3-2-4-11(7-10)8-15(21)13-6-5-12(17)9-14(13)16(18,19)20/h2-7,9H,8H2,1H3. The molecule has 0 bridgehead atoms. The summed E-state index contributed by atoms with van der Waals surface area (Å²) >= 11 is 3.00. The van der Waals surface area contributed by atoms with Crippen LogP contribution in [0.3, 0.4) is 0 Å². The number of benzene rings is 2. The van der Waals surface area contributed by atoms with Crippen molar-refractivity contribution in [2.24, 2.45) is 0 Å². The van der Waals surface area contributed by atoms with Gasteiger partial charge < -0.3 is 0 Å². The molecule has 0 unspecified atom stereocenters. The first-order valence-corrected chi connectivity index (χ1v) is 7.02. The molecule has 2 aromatic carbocycles. The molecule has 5 heteroatoms. The van der Waals surface area contributed by atoms with Crippen LogP contribution in [0.1, 0.15) is 27.0 Å². The van der Waals surface area contributed by atoms with Gasteiger partial charge in [0.15, 0.2) is 5.78 Å². The fourth-order valence-corrected chi connectivity index (χ4v) is 2.46. The largest absolute Gasteiger partial charge is 0.417 e. The zero-order valence-corrected chi connectivity index (χ0v) is 12.8. The Balaban J connectivity index is 2.35. The Morgan fingerprint density at radius 1 is 1.14 bits per heavy atom. The number of alkyl halides is 3. The topological polar surface area (TPSA) is 17.1 Å². The predicted octanol–water partition coefficient (Wildman–Crippen LogP) is 5.20. The Bertz CT molecular complexity index is 677. The maximum Gasteiger partial charge on any atom is 0.417 e. The molecule has 0 atom stereocenters. The summed E-state index contributed by atoms with van der Waals surface area (Å²) in [6, 6.07) is 10.8. The summed E-state index contributed by atoms with van der Waals surface area (Å²) in [4.78, 5) is 12.2. The van der Waals surface area contributed by atoms with Crippen LogP contribution in [-0.4, -0.2) is 5.78 Å². The van der Waals surface area contributed by atoms with E-state index < -0.39 is 17.5 Å². The second-order valence-corrected chi connectivity index (χ2v) is 5.69. The van der Waals surface area contributed by atoms with Crippen LogP contribution in [0.4, 0.5) is 13.2 Å². The lowest BCUT2D eigenvalue weighted by Crippen LogP contribution is -2.14. The number of halogens is 4. The van der Waals surface area contributed by atoms with Crippen molar-refractivity contribution in [1.82, 2.24) is 0 Å². The molecule has 0 aliphatic carbocycles. The molecule has 0 saturated heterocycles. The molecule has 0 radical (unpaired) electrons. The van der Waals surface area contributed by atoms with E-state index in [0.717, 1.165) is 11.6 Å². The Hall–Kier alpha value is -1.62. The molecule has 1 nitrogen and oxygen atoms in total. The van der Waals surface area contributed by atoms with Crippen molar-refractivity contribution in [3.63, 3.8) is 0 Å². The van der Waals surface area contributed by atoms with Crippen LogP contribution in [0.2, 0.25) is 0 Å². The molecule has 0 aliphatic heterocycles. The van der Waals surface area contributed by atoms with Gasteiger partial charge in [-0.25, -0.2) is 0 Å². The molecule has 0 heterocycles. The minimum Gasteiger partial charge on any atom is -0.294 e. The Kier molecular flexibility index (Phi) is 4.52. The maximum atomic E-state index is 13.0. The van der Waals surface area contributed by atoms with Crippen molar-refractivity contribution in [2.45, 2.75) is 19.5 Å². The highest BCUT2D eigenvalue weighted by molar-refractivity contribution is 9.10. The summed E-state index contributed by atoms with van der Waals surface area (Å²) in [6.45, 7) is 1.87. The zero-order valence-electron chi connectivity index (χ0n) is 11.2. The Morgan fingerprint density at radius 3 is 2.48 bits per heavy atom. The van der Waals surface area contributed by atoms with E-state index in [0.29, 0.717) is 10.0 Å². The minimum absolute atomic E-state index is 0.0492. The number of aryl methyl sites for hydroxylation is 1. The van der Waals surface area contributed by atoms with Crippen molar-refractivity contribution in [2.75, 3.05) is 0 Å². The van der Waals surface area contributed by atoms with Gasteiger partial charge in [-0.15, -0.1) is 0 Å². The van der Waals surface area contributed by atoms with Gasteiger partial charge in [-0.2, -0.15) is 13.2 Å². The molecule has 0 spiro atoms. The van der Waals surface area contributed by atoms with E-state index in [9.17, 15) is 18.0 Å². The molecule has 110 valence electrons. The number of ketones is 1. The molecular formula is C16H12BrF3O. The molecule has 2 rings (SSSR count). The maximum absolute atomic E-state index is 13.0. The molecule has 0 amide bonds. The number of hydrogen-bond donors (Lipinski definition) is 0. The van der Waals surface area contributed by atoms with E-state index in [-0.39, 0.29) is 12.0 Å². The third kappa shape index (κ3) is 3.94. The van der Waals surface area contributed by atoms with Crippen LogP contribution >= 0.6 is 15.9 Å². The summed E-state index contributed by atoms with van der Waals surface area (Å²) < 4.78 is 39.3. The van der Waals surface area contributed by atoms with Gasteiger partial charge in [-0.1, -0.05) is 45.8 Å². The van der Waals surface area contributed by atoms with Crippen molar-refractivity contribution in [3.8, 4) is 0 Å². The molecule has 2 aromatic rings. The predicted molar refractivity (Wildman–Crippen MR) is 78.4 cm³/mol. The summed E-state index contributed by atoms with van der Waals surface area (Å²) in [5.41, 5.74) is 0.463. The van der Waals surface area contributed by atoms with Crippen molar-refractivity contribution >= 4 is 21.7 Å². The number of Topliss-reactive ketones (excluding diaryl/α,β-unsaturated/α-hetero) is 1. The van der Waals surface area contributed by atoms with Gasteiger partial charge in [-0.05, 0) is 30.7 Å². The molecule has 0 N–H and O–H groups in total. The molecule has 21 heavy (non-hydrogen) atoms. The van der Waals surface area contributed by atoms with Gasteiger partial charge >= 0.3 is 6.18 Å². The zero-order chi connectivity index (χ0) is 15.6. The first-order valence-electron chi connectivity index (χ1n) is 6.23. The molecule has 0 aromatic heterocycles. The normalized spacial score (nSPS) is 11.5. The van der Waals surface area contributed by atoms with Gasteiger partial charge in [0.2, 0.25) is 0 Å². The van der Waals surface area contributed by atoms with Crippen LogP contribution in [-0.2, 0) is 12.6 Å². The molecular weight excluding hydrogens is 345 g/mol. The van der Waals surface area contributed by atoms with Gasteiger partial charge in [0.1, 0.15) is 0 Å². The van der Waals surface area contributed by atoms with Crippen LogP contribution in [0.15, 0.2) is 46.9 Å². The van der Waals surface area contributed by atoms with Crippen molar-refractivity contribution in [3.05, 3.63) is 69.2 Å². The molecule has 0 aliphatic rings. The first-order chi connectivity index (χ1) is 9.77. The second kappa shape index (κ2) is 6.02. The fourth-order valence-electron chi connectivity index (χ4n) is 2.10. The summed E-state index contributed by atoms with van der Waals surface area (Å²) in [7, 11) is 0. The Morgan fingerprint density at radius 2 is 1.86 bits per heavy atom. The highest BCUT2D eigenvalue weighted by Crippen LogP contribution is 2.34. The highest BCUT2D eigenvalue weighted by Gasteiger charge is 2.35. The van der Waals surface area contributed by atoms with Gasteiger partial charge in [0.25, 0.3) is 0 Å². The SMILES string of the molecule is Cc1cccc(CC(=O)c2ccc(Br)cc2C(F)(F)F)c1.